The molecule has 0 spiro atoms. The van der Waals surface area contributed by atoms with E-state index in [1.54, 1.807) is 11.1 Å². The SMILES string of the molecule is C1CCOCC1.CN1CCCCC1.c1ccc2c(c1)CCC2. The quantitative estimate of drug-likeness (QED) is 0.701. The van der Waals surface area contributed by atoms with E-state index in [9.17, 15) is 0 Å². The van der Waals surface area contributed by atoms with Gasteiger partial charge >= 0.3 is 0 Å². The number of ether oxygens (including phenoxy) is 1. The molecular formula is C20H33NO. The third-order valence-electron chi connectivity index (χ3n) is 4.67. The van der Waals surface area contributed by atoms with Gasteiger partial charge < -0.3 is 9.64 Å². The van der Waals surface area contributed by atoms with E-state index in [4.69, 9.17) is 4.74 Å². The molecule has 0 bridgehead atoms. The molecule has 0 unspecified atom stereocenters. The molecule has 2 fully saturated rings. The molecule has 0 aromatic heterocycles. The minimum absolute atomic E-state index is 1.00. The summed E-state index contributed by atoms with van der Waals surface area (Å²) in [5, 5.41) is 0. The van der Waals surface area contributed by atoms with Crippen LogP contribution < -0.4 is 0 Å². The molecule has 124 valence electrons. The van der Waals surface area contributed by atoms with Gasteiger partial charge in [-0.15, -0.1) is 0 Å². The monoisotopic (exact) mass is 303 g/mol. The molecule has 2 aliphatic heterocycles. The zero-order chi connectivity index (χ0) is 15.5. The van der Waals surface area contributed by atoms with Crippen LogP contribution in [-0.4, -0.2) is 38.3 Å². The van der Waals surface area contributed by atoms with Crippen molar-refractivity contribution in [3.8, 4) is 0 Å². The Morgan fingerprint density at radius 2 is 1.27 bits per heavy atom. The van der Waals surface area contributed by atoms with Gasteiger partial charge in [0.05, 0.1) is 0 Å². The van der Waals surface area contributed by atoms with Crippen LogP contribution in [-0.2, 0) is 17.6 Å². The van der Waals surface area contributed by atoms with E-state index in [0.29, 0.717) is 0 Å². The van der Waals surface area contributed by atoms with E-state index < -0.39 is 0 Å². The van der Waals surface area contributed by atoms with Crippen LogP contribution in [0.25, 0.3) is 0 Å². The lowest BCUT2D eigenvalue weighted by Gasteiger charge is -2.20. The van der Waals surface area contributed by atoms with Gasteiger partial charge in [0.25, 0.3) is 0 Å². The molecule has 1 aliphatic carbocycles. The number of aryl methyl sites for hydroxylation is 2. The van der Waals surface area contributed by atoms with Crippen LogP contribution >= 0.6 is 0 Å². The topological polar surface area (TPSA) is 12.5 Å². The van der Waals surface area contributed by atoms with Crippen LogP contribution in [0.2, 0.25) is 0 Å². The molecule has 0 amide bonds. The van der Waals surface area contributed by atoms with Crippen molar-refractivity contribution in [1.82, 2.24) is 4.90 Å². The fourth-order valence-electron chi connectivity index (χ4n) is 3.25. The highest BCUT2D eigenvalue weighted by Crippen LogP contribution is 2.20. The van der Waals surface area contributed by atoms with Crippen molar-refractivity contribution in [2.75, 3.05) is 33.4 Å². The minimum Gasteiger partial charge on any atom is -0.381 e. The summed E-state index contributed by atoms with van der Waals surface area (Å²) in [5.41, 5.74) is 3.13. The molecular weight excluding hydrogens is 270 g/mol. The molecule has 22 heavy (non-hydrogen) atoms. The maximum atomic E-state index is 5.07. The van der Waals surface area contributed by atoms with E-state index in [-0.39, 0.29) is 0 Å². The average molecular weight is 303 g/mol. The second-order valence-corrected chi connectivity index (χ2v) is 6.66. The average Bonchev–Trinajstić information content (AvgIpc) is 3.07. The highest BCUT2D eigenvalue weighted by molar-refractivity contribution is 5.30. The first-order chi connectivity index (χ1) is 10.9. The van der Waals surface area contributed by atoms with Crippen LogP contribution in [0, 0.1) is 0 Å². The third-order valence-corrected chi connectivity index (χ3v) is 4.67. The molecule has 0 N–H and O–H groups in total. The second kappa shape index (κ2) is 10.8. The van der Waals surface area contributed by atoms with Crippen molar-refractivity contribution in [3.63, 3.8) is 0 Å². The maximum absolute atomic E-state index is 5.07. The normalized spacial score (nSPS) is 21.0. The first-order valence-electron chi connectivity index (χ1n) is 9.19. The van der Waals surface area contributed by atoms with Gasteiger partial charge in [0.1, 0.15) is 0 Å². The number of fused-ring (bicyclic) bond motifs is 1. The van der Waals surface area contributed by atoms with Gasteiger partial charge in [-0.1, -0.05) is 30.7 Å². The lowest BCUT2D eigenvalue weighted by molar-refractivity contribution is 0.0968. The summed E-state index contributed by atoms with van der Waals surface area (Å²) in [4.78, 5) is 2.39. The summed E-state index contributed by atoms with van der Waals surface area (Å²) in [6.45, 7) is 4.64. The zero-order valence-electron chi connectivity index (χ0n) is 14.4. The van der Waals surface area contributed by atoms with E-state index in [1.165, 1.54) is 70.9 Å². The summed E-state index contributed by atoms with van der Waals surface area (Å²) in [6, 6.07) is 8.74. The lowest BCUT2D eigenvalue weighted by Crippen LogP contribution is -2.24. The Morgan fingerprint density at radius 3 is 1.64 bits per heavy atom. The lowest BCUT2D eigenvalue weighted by atomic mass is 10.1. The molecule has 4 rings (SSSR count). The first-order valence-corrected chi connectivity index (χ1v) is 9.19. The van der Waals surface area contributed by atoms with Gasteiger partial charge in [-0.25, -0.2) is 0 Å². The summed E-state index contributed by atoms with van der Waals surface area (Å²) in [6.07, 6.45) is 12.2. The molecule has 2 heterocycles. The second-order valence-electron chi connectivity index (χ2n) is 6.66. The molecule has 1 aromatic rings. The fraction of sp³-hybridized carbons (Fsp3) is 0.700. The molecule has 3 aliphatic rings. The van der Waals surface area contributed by atoms with Crippen molar-refractivity contribution >= 4 is 0 Å². The smallest absolute Gasteiger partial charge is 0.0466 e. The van der Waals surface area contributed by atoms with E-state index in [1.807, 2.05) is 0 Å². The Morgan fingerprint density at radius 1 is 0.727 bits per heavy atom. The Hall–Kier alpha value is -0.860. The van der Waals surface area contributed by atoms with Gasteiger partial charge in [-0.05, 0) is 82.6 Å². The van der Waals surface area contributed by atoms with Gasteiger partial charge in [0, 0.05) is 13.2 Å². The highest BCUT2D eigenvalue weighted by atomic mass is 16.5. The predicted molar refractivity (Wildman–Crippen MR) is 94.5 cm³/mol. The molecule has 2 heteroatoms. The van der Waals surface area contributed by atoms with Crippen molar-refractivity contribution in [3.05, 3.63) is 35.4 Å². The molecule has 0 atom stereocenters. The first kappa shape index (κ1) is 17.5. The number of hydrogen-bond acceptors (Lipinski definition) is 2. The fourth-order valence-corrected chi connectivity index (χ4v) is 3.25. The number of benzene rings is 1. The van der Waals surface area contributed by atoms with Gasteiger partial charge in [0.15, 0.2) is 0 Å². The highest BCUT2D eigenvalue weighted by Gasteiger charge is 2.07. The van der Waals surface area contributed by atoms with Crippen LogP contribution in [0.3, 0.4) is 0 Å². The van der Waals surface area contributed by atoms with Gasteiger partial charge in [-0.2, -0.15) is 0 Å². The Labute approximate surface area is 136 Å². The number of likely N-dealkylation sites (tertiary alicyclic amines) is 1. The van der Waals surface area contributed by atoms with Crippen molar-refractivity contribution < 1.29 is 4.74 Å². The molecule has 2 nitrogen and oxygen atoms in total. The van der Waals surface area contributed by atoms with Crippen LogP contribution in [0.4, 0.5) is 0 Å². The number of hydrogen-bond donors (Lipinski definition) is 0. The summed E-state index contributed by atoms with van der Waals surface area (Å²) in [7, 11) is 2.19. The van der Waals surface area contributed by atoms with E-state index >= 15 is 0 Å². The van der Waals surface area contributed by atoms with Crippen LogP contribution in [0.1, 0.15) is 56.1 Å². The molecule has 0 saturated carbocycles. The summed E-state index contributed by atoms with van der Waals surface area (Å²) < 4.78 is 5.07. The Balaban J connectivity index is 0.000000124. The maximum Gasteiger partial charge on any atom is 0.0466 e. The standard InChI is InChI=1S/C9H10.C6H13N.C5H10O/c1-2-5-9-7-3-6-8(9)4-1;1-7-5-3-2-4-6-7;1-2-4-6-5-3-1/h1-2,4-5H,3,6-7H2;2-6H2,1H3;1-5H2. The zero-order valence-corrected chi connectivity index (χ0v) is 14.4. The Bertz CT molecular complexity index is 360. The van der Waals surface area contributed by atoms with E-state index in [2.05, 4.69) is 36.2 Å². The van der Waals surface area contributed by atoms with Crippen molar-refractivity contribution in [2.45, 2.75) is 57.8 Å². The number of nitrogens with zero attached hydrogens (tertiary/aromatic N) is 1. The minimum atomic E-state index is 1.00. The number of rotatable bonds is 0. The largest absolute Gasteiger partial charge is 0.381 e. The van der Waals surface area contributed by atoms with Crippen molar-refractivity contribution in [1.29, 1.82) is 0 Å². The third kappa shape index (κ3) is 6.93. The number of piperidine rings is 1. The summed E-state index contributed by atoms with van der Waals surface area (Å²) >= 11 is 0. The molecule has 1 aromatic carbocycles. The van der Waals surface area contributed by atoms with Crippen molar-refractivity contribution in [2.24, 2.45) is 0 Å². The van der Waals surface area contributed by atoms with Crippen LogP contribution in [0.5, 0.6) is 0 Å². The summed E-state index contributed by atoms with van der Waals surface area (Å²) in [5.74, 6) is 0. The van der Waals surface area contributed by atoms with Gasteiger partial charge in [-0.3, -0.25) is 0 Å². The molecule has 2 saturated heterocycles. The van der Waals surface area contributed by atoms with Gasteiger partial charge in [0.2, 0.25) is 0 Å². The van der Waals surface area contributed by atoms with Crippen LogP contribution in [0.15, 0.2) is 24.3 Å². The van der Waals surface area contributed by atoms with E-state index in [0.717, 1.165) is 13.2 Å². The predicted octanol–water partition coefficient (Wildman–Crippen LogP) is 4.46. The Kier molecular flexibility index (Phi) is 8.59. The molecule has 0 radical (unpaired) electrons.